The maximum absolute atomic E-state index is 10.9. The zero-order valence-corrected chi connectivity index (χ0v) is 11.9. The Balaban J connectivity index is 2.84. The Morgan fingerprint density at radius 3 is 2.65 bits per heavy atom. The normalized spacial score (nSPS) is 14.1. The lowest BCUT2D eigenvalue weighted by molar-refractivity contribution is -0.141. The van der Waals surface area contributed by atoms with E-state index >= 15 is 0 Å². The van der Waals surface area contributed by atoms with Crippen LogP contribution in [0.5, 0.6) is 0 Å². The fourth-order valence-electron chi connectivity index (χ4n) is 1.58. The van der Waals surface area contributed by atoms with Gasteiger partial charge in [-0.3, -0.25) is 4.79 Å². The van der Waals surface area contributed by atoms with Crippen molar-refractivity contribution in [3.8, 4) is 0 Å². The third kappa shape index (κ3) is 3.73. The predicted molar refractivity (Wildman–Crippen MR) is 73.4 cm³/mol. The largest absolute Gasteiger partial charge is 0.481 e. The Hall–Kier alpha value is -1.03. The molecule has 0 aromatic heterocycles. The van der Waals surface area contributed by atoms with Gasteiger partial charge in [0.2, 0.25) is 0 Å². The lowest BCUT2D eigenvalue weighted by atomic mass is 10.0. The Morgan fingerprint density at radius 2 is 2.12 bits per heavy atom. The third-order valence-electron chi connectivity index (χ3n) is 2.97. The van der Waals surface area contributed by atoms with Gasteiger partial charge in [-0.25, -0.2) is 0 Å². The van der Waals surface area contributed by atoms with E-state index in [0.717, 1.165) is 16.6 Å². The van der Waals surface area contributed by atoms with E-state index in [4.69, 9.17) is 5.11 Å². The van der Waals surface area contributed by atoms with E-state index < -0.39 is 11.9 Å². The number of aliphatic carboxylic acids is 1. The molecule has 1 aromatic rings. The van der Waals surface area contributed by atoms with Crippen LogP contribution in [-0.2, 0) is 11.2 Å². The van der Waals surface area contributed by atoms with E-state index in [-0.39, 0.29) is 6.04 Å². The van der Waals surface area contributed by atoms with Crippen LogP contribution in [0.3, 0.4) is 0 Å². The number of halogens is 1. The highest BCUT2D eigenvalue weighted by Gasteiger charge is 2.19. The molecular weight excluding hydrogens is 282 g/mol. The highest BCUT2D eigenvalue weighted by Crippen LogP contribution is 2.23. The fraction of sp³-hybridized carbons (Fsp3) is 0.462. The van der Waals surface area contributed by atoms with Crippen LogP contribution in [-0.4, -0.2) is 17.1 Å². The van der Waals surface area contributed by atoms with Gasteiger partial charge in [0.15, 0.2) is 0 Å². The number of anilines is 1. The van der Waals surface area contributed by atoms with E-state index in [1.807, 2.05) is 19.1 Å². The molecular formula is C13H18BrNO2. The van der Waals surface area contributed by atoms with Crippen molar-refractivity contribution >= 4 is 27.6 Å². The highest BCUT2D eigenvalue weighted by atomic mass is 79.9. The van der Waals surface area contributed by atoms with Gasteiger partial charge >= 0.3 is 5.97 Å². The van der Waals surface area contributed by atoms with Gasteiger partial charge in [0.25, 0.3) is 0 Å². The average molecular weight is 300 g/mol. The summed E-state index contributed by atoms with van der Waals surface area (Å²) < 4.78 is 1.04. The molecule has 0 bridgehead atoms. The van der Waals surface area contributed by atoms with Crippen molar-refractivity contribution in [1.82, 2.24) is 0 Å². The monoisotopic (exact) mass is 299 g/mol. The molecule has 1 aromatic carbocycles. The average Bonchev–Trinajstić information content (AvgIpc) is 2.30. The first-order chi connectivity index (χ1) is 7.95. The van der Waals surface area contributed by atoms with E-state index in [9.17, 15) is 4.79 Å². The van der Waals surface area contributed by atoms with Crippen LogP contribution < -0.4 is 5.32 Å². The first kappa shape index (κ1) is 14.0. The van der Waals surface area contributed by atoms with Gasteiger partial charge in [-0.1, -0.05) is 22.9 Å². The smallest absolute Gasteiger partial charge is 0.308 e. The number of nitrogens with one attached hydrogen (secondary N) is 1. The number of hydrogen-bond acceptors (Lipinski definition) is 2. The lowest BCUT2D eigenvalue weighted by Crippen LogP contribution is -2.30. The van der Waals surface area contributed by atoms with Crippen molar-refractivity contribution < 1.29 is 9.90 Å². The summed E-state index contributed by atoms with van der Waals surface area (Å²) in [6.07, 6.45) is 0.913. The van der Waals surface area contributed by atoms with Crippen LogP contribution in [0.15, 0.2) is 22.7 Å². The molecule has 0 spiro atoms. The zero-order chi connectivity index (χ0) is 13.0. The maximum Gasteiger partial charge on any atom is 0.308 e. The highest BCUT2D eigenvalue weighted by molar-refractivity contribution is 9.10. The zero-order valence-electron chi connectivity index (χ0n) is 10.3. The lowest BCUT2D eigenvalue weighted by Gasteiger charge is -2.21. The van der Waals surface area contributed by atoms with E-state index in [0.29, 0.717) is 0 Å². The summed E-state index contributed by atoms with van der Waals surface area (Å²) in [5, 5.41) is 12.2. The van der Waals surface area contributed by atoms with E-state index in [2.05, 4.69) is 34.2 Å². The number of carbonyl (C=O) groups is 1. The number of aryl methyl sites for hydroxylation is 1. The predicted octanol–water partition coefficient (Wildman–Crippen LogP) is 3.53. The van der Waals surface area contributed by atoms with Gasteiger partial charge in [-0.05, 0) is 44.0 Å². The Labute approximate surface area is 110 Å². The molecule has 0 aliphatic carbocycles. The van der Waals surface area contributed by atoms with Crippen molar-refractivity contribution in [2.45, 2.75) is 33.2 Å². The molecule has 0 radical (unpaired) electrons. The summed E-state index contributed by atoms with van der Waals surface area (Å²) >= 11 is 3.43. The molecule has 1 rings (SSSR count). The number of rotatable bonds is 5. The summed E-state index contributed by atoms with van der Waals surface area (Å²) in [5.41, 5.74) is 2.19. The molecule has 2 atom stereocenters. The van der Waals surface area contributed by atoms with Crippen LogP contribution in [0.1, 0.15) is 26.3 Å². The van der Waals surface area contributed by atoms with Crippen LogP contribution >= 0.6 is 15.9 Å². The SMILES string of the molecule is CCc1cc(Br)ccc1NC(C)C(C)C(=O)O. The molecule has 0 amide bonds. The second-order valence-electron chi connectivity index (χ2n) is 4.21. The summed E-state index contributed by atoms with van der Waals surface area (Å²) in [6, 6.07) is 5.90. The Bertz CT molecular complexity index is 406. The summed E-state index contributed by atoms with van der Waals surface area (Å²) in [6.45, 7) is 5.68. The van der Waals surface area contributed by atoms with Gasteiger partial charge < -0.3 is 10.4 Å². The van der Waals surface area contributed by atoms with Crippen LogP contribution in [0.25, 0.3) is 0 Å². The molecule has 2 N–H and O–H groups in total. The topological polar surface area (TPSA) is 49.3 Å². The minimum absolute atomic E-state index is 0.0982. The molecule has 0 fully saturated rings. The Morgan fingerprint density at radius 1 is 1.47 bits per heavy atom. The molecule has 4 heteroatoms. The Kier molecular flexibility index (Phi) is 5.00. The number of carboxylic acids is 1. The summed E-state index contributed by atoms with van der Waals surface area (Å²) in [5.74, 6) is -1.19. The van der Waals surface area contributed by atoms with Gasteiger partial charge in [0.05, 0.1) is 5.92 Å². The molecule has 3 nitrogen and oxygen atoms in total. The van der Waals surface area contributed by atoms with E-state index in [1.165, 1.54) is 5.56 Å². The molecule has 0 saturated carbocycles. The first-order valence-corrected chi connectivity index (χ1v) is 6.52. The number of carboxylic acid groups (broad SMARTS) is 1. The molecule has 17 heavy (non-hydrogen) atoms. The van der Waals surface area contributed by atoms with E-state index in [1.54, 1.807) is 6.92 Å². The van der Waals surface area contributed by atoms with Crippen molar-refractivity contribution in [3.63, 3.8) is 0 Å². The minimum Gasteiger partial charge on any atom is -0.481 e. The molecule has 0 aliphatic heterocycles. The molecule has 0 saturated heterocycles. The number of hydrogen-bond donors (Lipinski definition) is 2. The third-order valence-corrected chi connectivity index (χ3v) is 3.46. The second-order valence-corrected chi connectivity index (χ2v) is 5.13. The molecule has 0 aliphatic rings. The van der Waals surface area contributed by atoms with Crippen molar-refractivity contribution in [3.05, 3.63) is 28.2 Å². The van der Waals surface area contributed by atoms with Crippen molar-refractivity contribution in [2.24, 2.45) is 5.92 Å². The number of benzene rings is 1. The molecule has 2 unspecified atom stereocenters. The quantitative estimate of drug-likeness (QED) is 0.874. The van der Waals surface area contributed by atoms with Gasteiger partial charge in [0.1, 0.15) is 0 Å². The van der Waals surface area contributed by atoms with Crippen molar-refractivity contribution in [1.29, 1.82) is 0 Å². The van der Waals surface area contributed by atoms with Gasteiger partial charge in [-0.15, -0.1) is 0 Å². The van der Waals surface area contributed by atoms with Gasteiger partial charge in [-0.2, -0.15) is 0 Å². The van der Waals surface area contributed by atoms with Crippen LogP contribution in [0.2, 0.25) is 0 Å². The maximum atomic E-state index is 10.9. The fourth-order valence-corrected chi connectivity index (χ4v) is 1.99. The molecule has 0 heterocycles. The standard InChI is InChI=1S/C13H18BrNO2/c1-4-10-7-11(14)5-6-12(10)15-9(3)8(2)13(16)17/h5-9,15H,4H2,1-3H3,(H,16,17). The van der Waals surface area contributed by atoms with Crippen molar-refractivity contribution in [2.75, 3.05) is 5.32 Å². The van der Waals surface area contributed by atoms with Gasteiger partial charge in [0, 0.05) is 16.2 Å². The van der Waals surface area contributed by atoms with Crippen LogP contribution in [0.4, 0.5) is 5.69 Å². The molecule has 94 valence electrons. The second kappa shape index (κ2) is 6.05. The van der Waals surface area contributed by atoms with Crippen LogP contribution in [0, 0.1) is 5.92 Å². The first-order valence-electron chi connectivity index (χ1n) is 5.73. The summed E-state index contributed by atoms with van der Waals surface area (Å²) in [4.78, 5) is 10.9. The minimum atomic E-state index is -0.778. The summed E-state index contributed by atoms with van der Waals surface area (Å²) in [7, 11) is 0.